The van der Waals surface area contributed by atoms with Crippen LogP contribution < -0.4 is 5.32 Å². The maximum absolute atomic E-state index is 14.2. The van der Waals surface area contributed by atoms with Crippen molar-refractivity contribution in [1.29, 1.82) is 0 Å². The zero-order valence-corrected chi connectivity index (χ0v) is 23.7. The summed E-state index contributed by atoms with van der Waals surface area (Å²) in [6, 6.07) is 9.41. The van der Waals surface area contributed by atoms with Gasteiger partial charge in [0.2, 0.25) is 0 Å². The van der Waals surface area contributed by atoms with Gasteiger partial charge in [-0.3, -0.25) is 9.48 Å². The number of nitrogens with one attached hydrogen (secondary N) is 1. The Morgan fingerprint density at radius 2 is 2.05 bits per heavy atom. The van der Waals surface area contributed by atoms with E-state index >= 15 is 0 Å². The first-order valence-corrected chi connectivity index (χ1v) is 14.4. The Hall–Kier alpha value is -3.61. The summed E-state index contributed by atoms with van der Waals surface area (Å²) in [5, 5.41) is 23.0. The van der Waals surface area contributed by atoms with Gasteiger partial charge in [0, 0.05) is 44.9 Å². The highest BCUT2D eigenvalue weighted by molar-refractivity contribution is 5.98. The molecule has 0 unspecified atom stereocenters. The molecule has 3 heterocycles. The van der Waals surface area contributed by atoms with Crippen LogP contribution in [0.4, 0.5) is 0 Å². The van der Waals surface area contributed by atoms with E-state index in [1.807, 2.05) is 39.8 Å². The molecule has 41 heavy (non-hydrogen) atoms. The number of nitrogens with zero attached hydrogens (tertiary/aromatic N) is 6. The van der Waals surface area contributed by atoms with Crippen LogP contribution in [0.2, 0.25) is 0 Å². The molecule has 3 atom stereocenters. The van der Waals surface area contributed by atoms with E-state index in [0.717, 1.165) is 24.8 Å². The molecule has 12 heteroatoms. The summed E-state index contributed by atoms with van der Waals surface area (Å²) in [7, 11) is 1.60. The fourth-order valence-corrected chi connectivity index (χ4v) is 6.07. The van der Waals surface area contributed by atoms with Gasteiger partial charge in [-0.1, -0.05) is 48.4 Å². The maximum Gasteiger partial charge on any atom is 0.360 e. The molecule has 1 aliphatic carbocycles. The molecule has 0 spiro atoms. The highest BCUT2D eigenvalue weighted by Crippen LogP contribution is 2.41. The number of carbonyl (C=O) groups excluding carboxylic acids is 2. The molecule has 220 valence electrons. The first kappa shape index (κ1) is 28.9. The van der Waals surface area contributed by atoms with Crippen molar-refractivity contribution in [2.24, 2.45) is 0 Å². The zero-order valence-electron chi connectivity index (χ0n) is 23.7. The minimum Gasteiger partial charge on any atom is -0.461 e. The van der Waals surface area contributed by atoms with Crippen LogP contribution in [0.25, 0.3) is 11.3 Å². The van der Waals surface area contributed by atoms with Gasteiger partial charge in [-0.2, -0.15) is 0 Å². The Balaban J connectivity index is 1.42. The van der Waals surface area contributed by atoms with Crippen molar-refractivity contribution >= 4 is 11.9 Å². The van der Waals surface area contributed by atoms with Crippen molar-refractivity contribution in [2.75, 3.05) is 40.0 Å². The second kappa shape index (κ2) is 12.9. The first-order valence-electron chi connectivity index (χ1n) is 14.4. The lowest BCUT2D eigenvalue weighted by atomic mass is 9.80. The van der Waals surface area contributed by atoms with E-state index in [1.54, 1.807) is 31.2 Å². The van der Waals surface area contributed by atoms with Gasteiger partial charge < -0.3 is 29.4 Å². The Morgan fingerprint density at radius 1 is 1.22 bits per heavy atom. The molecule has 2 aromatic heterocycles. The normalized spacial score (nSPS) is 23.0. The summed E-state index contributed by atoms with van der Waals surface area (Å²) in [6.45, 7) is 4.54. The van der Waals surface area contributed by atoms with Crippen LogP contribution in [0.1, 0.15) is 66.0 Å². The molecular formula is C29H39N7O5. The van der Waals surface area contributed by atoms with Crippen LogP contribution >= 0.6 is 0 Å². The molecule has 2 N–H and O–H groups in total. The number of hydrogen-bond acceptors (Lipinski definition) is 9. The molecule has 2 aliphatic rings. The highest BCUT2D eigenvalue weighted by Gasteiger charge is 2.42. The fourth-order valence-electron chi connectivity index (χ4n) is 6.07. The highest BCUT2D eigenvalue weighted by atomic mass is 16.5. The van der Waals surface area contributed by atoms with Crippen molar-refractivity contribution in [3.63, 3.8) is 0 Å². The van der Waals surface area contributed by atoms with Gasteiger partial charge in [-0.25, -0.2) is 9.78 Å². The number of hydrogen-bond donors (Lipinski definition) is 2. The molecule has 1 aromatic carbocycles. The van der Waals surface area contributed by atoms with Crippen LogP contribution in [-0.4, -0.2) is 98.0 Å². The van der Waals surface area contributed by atoms with E-state index in [9.17, 15) is 14.7 Å². The molecular weight excluding hydrogens is 526 g/mol. The van der Waals surface area contributed by atoms with Gasteiger partial charge in [-0.15, -0.1) is 5.10 Å². The summed E-state index contributed by atoms with van der Waals surface area (Å²) < 4.78 is 14.0. The summed E-state index contributed by atoms with van der Waals surface area (Å²) in [5.41, 5.74) is 1.08. The van der Waals surface area contributed by atoms with E-state index in [1.165, 1.54) is 0 Å². The lowest BCUT2D eigenvalue weighted by molar-refractivity contribution is -0.0893. The maximum atomic E-state index is 14.2. The van der Waals surface area contributed by atoms with E-state index in [0.29, 0.717) is 50.4 Å². The van der Waals surface area contributed by atoms with Crippen molar-refractivity contribution in [3.05, 3.63) is 54.2 Å². The molecule has 1 saturated heterocycles. The standard InChI is InChI=1S/C29H39N7O5/c1-3-41-28(38)23-18-34(33-32-23)15-12-22-17-30-14-16-35(22)27(37)25-26(21-9-5-4-6-10-21)36(20-31-25)24-11-7-8-13-29(24,39)19-40-2/h4-6,9-10,18,20,22,24,30,39H,3,7-8,11-17,19H2,1-2H3/t22-,24-,29-/m1/s1. The summed E-state index contributed by atoms with van der Waals surface area (Å²) >= 11 is 0. The van der Waals surface area contributed by atoms with E-state index in [2.05, 4.69) is 20.6 Å². The molecule has 2 fully saturated rings. The van der Waals surface area contributed by atoms with Gasteiger partial charge in [0.1, 0.15) is 5.60 Å². The number of aryl methyl sites for hydroxylation is 1. The Kier molecular flexibility index (Phi) is 9.11. The van der Waals surface area contributed by atoms with Gasteiger partial charge in [0.25, 0.3) is 5.91 Å². The van der Waals surface area contributed by atoms with Crippen LogP contribution in [-0.2, 0) is 16.0 Å². The number of rotatable bonds is 10. The van der Waals surface area contributed by atoms with Gasteiger partial charge in [0.05, 0.1) is 37.5 Å². The topological polar surface area (TPSA) is 137 Å². The van der Waals surface area contributed by atoms with Crippen molar-refractivity contribution < 1.29 is 24.2 Å². The number of amides is 1. The van der Waals surface area contributed by atoms with Gasteiger partial charge in [-0.05, 0) is 26.2 Å². The molecule has 1 amide bonds. The number of esters is 1. The predicted octanol–water partition coefficient (Wildman–Crippen LogP) is 2.32. The minimum atomic E-state index is -1.05. The fraction of sp³-hybridized carbons (Fsp3) is 0.552. The quantitative estimate of drug-likeness (QED) is 0.355. The SMILES string of the molecule is CCOC(=O)c1cn(CC[C@@H]2CNCCN2C(=O)c2ncn([C@@H]3CCCC[C@@]3(O)COC)c2-c2ccccc2)nn1. The molecule has 1 aliphatic heterocycles. The van der Waals surface area contributed by atoms with Crippen LogP contribution in [0, 0.1) is 0 Å². The third-order valence-corrected chi connectivity index (χ3v) is 8.06. The zero-order chi connectivity index (χ0) is 28.8. The Labute approximate surface area is 239 Å². The second-order valence-corrected chi connectivity index (χ2v) is 10.7. The number of carbonyl (C=O) groups is 2. The molecule has 12 nitrogen and oxygen atoms in total. The smallest absolute Gasteiger partial charge is 0.360 e. The average molecular weight is 566 g/mol. The van der Waals surface area contributed by atoms with Crippen LogP contribution in [0.15, 0.2) is 42.9 Å². The first-order chi connectivity index (χ1) is 19.9. The number of piperazine rings is 1. The molecule has 0 bridgehead atoms. The lowest BCUT2D eigenvalue weighted by Gasteiger charge is -2.41. The number of ether oxygens (including phenoxy) is 2. The third kappa shape index (κ3) is 6.19. The van der Waals surface area contributed by atoms with Gasteiger partial charge in [0.15, 0.2) is 11.4 Å². The van der Waals surface area contributed by atoms with Crippen molar-refractivity contribution in [3.8, 4) is 11.3 Å². The Morgan fingerprint density at radius 3 is 2.83 bits per heavy atom. The number of aliphatic hydroxyl groups is 1. The van der Waals surface area contributed by atoms with Crippen molar-refractivity contribution in [1.82, 2.24) is 34.8 Å². The van der Waals surface area contributed by atoms with Gasteiger partial charge >= 0.3 is 5.97 Å². The molecule has 1 saturated carbocycles. The van der Waals surface area contributed by atoms with Crippen LogP contribution in [0.3, 0.4) is 0 Å². The van der Waals surface area contributed by atoms with E-state index < -0.39 is 11.6 Å². The van der Waals surface area contributed by atoms with Crippen LogP contribution in [0.5, 0.6) is 0 Å². The molecule has 3 aromatic rings. The largest absolute Gasteiger partial charge is 0.461 e. The summed E-state index contributed by atoms with van der Waals surface area (Å²) in [6.07, 6.45) is 7.19. The lowest BCUT2D eigenvalue weighted by Crippen LogP contribution is -2.54. The average Bonchev–Trinajstić information content (AvgIpc) is 3.65. The monoisotopic (exact) mass is 565 g/mol. The molecule has 5 rings (SSSR count). The number of imidazole rings is 1. The van der Waals surface area contributed by atoms with Crippen molar-refractivity contribution in [2.45, 2.75) is 63.3 Å². The van der Waals surface area contributed by atoms with E-state index in [-0.39, 0.29) is 36.9 Å². The number of benzene rings is 1. The number of aromatic nitrogens is 5. The Bertz CT molecular complexity index is 1320. The molecule has 0 radical (unpaired) electrons. The third-order valence-electron chi connectivity index (χ3n) is 8.06. The number of methoxy groups -OCH3 is 1. The minimum absolute atomic E-state index is 0.111. The summed E-state index contributed by atoms with van der Waals surface area (Å²) in [4.78, 5) is 32.7. The van der Waals surface area contributed by atoms with E-state index in [4.69, 9.17) is 9.47 Å². The predicted molar refractivity (Wildman–Crippen MR) is 150 cm³/mol. The summed E-state index contributed by atoms with van der Waals surface area (Å²) in [5.74, 6) is -0.653. The second-order valence-electron chi connectivity index (χ2n) is 10.7.